The first-order chi connectivity index (χ1) is 11.0. The molecule has 1 aromatic carbocycles. The number of nitro groups is 1. The van der Waals surface area contributed by atoms with Crippen molar-refractivity contribution in [2.75, 3.05) is 0 Å². The Labute approximate surface area is 129 Å². The summed E-state index contributed by atoms with van der Waals surface area (Å²) >= 11 is 0. The van der Waals surface area contributed by atoms with Crippen LogP contribution < -0.4 is 5.32 Å². The second-order valence-electron chi connectivity index (χ2n) is 5.58. The molecular formula is C14H14N4O5. The summed E-state index contributed by atoms with van der Waals surface area (Å²) in [5.74, 6) is -1.77. The van der Waals surface area contributed by atoms with Crippen molar-refractivity contribution >= 4 is 28.5 Å². The molecule has 1 amide bonds. The third-order valence-corrected chi connectivity index (χ3v) is 4.09. The number of hydrogen-bond acceptors (Lipinski definition) is 5. The highest BCUT2D eigenvalue weighted by Gasteiger charge is 2.31. The van der Waals surface area contributed by atoms with Gasteiger partial charge in [-0.3, -0.25) is 24.8 Å². The van der Waals surface area contributed by atoms with Gasteiger partial charge in [-0.25, -0.2) is 0 Å². The van der Waals surface area contributed by atoms with Crippen molar-refractivity contribution in [1.82, 2.24) is 15.5 Å². The lowest BCUT2D eigenvalue weighted by Crippen LogP contribution is -2.33. The molecule has 120 valence electrons. The number of fused-ring (bicyclic) bond motifs is 1. The van der Waals surface area contributed by atoms with Gasteiger partial charge in [0.15, 0.2) is 5.69 Å². The predicted octanol–water partition coefficient (Wildman–Crippen LogP) is 1.45. The number of amides is 1. The number of benzene rings is 1. The summed E-state index contributed by atoms with van der Waals surface area (Å²) in [5, 5.41) is 29.5. The molecule has 9 nitrogen and oxygen atoms in total. The maximum Gasteiger partial charge on any atom is 0.306 e. The van der Waals surface area contributed by atoms with E-state index in [4.69, 9.17) is 5.11 Å². The molecule has 23 heavy (non-hydrogen) atoms. The number of hydrogen-bond donors (Lipinski definition) is 3. The highest BCUT2D eigenvalue weighted by molar-refractivity contribution is 6.05. The molecule has 0 saturated heterocycles. The van der Waals surface area contributed by atoms with Crippen LogP contribution in [0, 0.1) is 16.0 Å². The van der Waals surface area contributed by atoms with Crippen LogP contribution in [0.2, 0.25) is 0 Å². The molecule has 0 radical (unpaired) electrons. The zero-order chi connectivity index (χ0) is 16.6. The Balaban J connectivity index is 1.80. The molecule has 1 aliphatic carbocycles. The number of aliphatic carboxylic acids is 1. The van der Waals surface area contributed by atoms with Gasteiger partial charge in [0.05, 0.1) is 16.4 Å². The summed E-state index contributed by atoms with van der Waals surface area (Å²) in [6.45, 7) is 0. The van der Waals surface area contributed by atoms with Gasteiger partial charge < -0.3 is 10.4 Å². The van der Waals surface area contributed by atoms with Crippen LogP contribution in [-0.4, -0.2) is 38.1 Å². The minimum atomic E-state index is -0.859. The van der Waals surface area contributed by atoms with Gasteiger partial charge in [-0.15, -0.1) is 0 Å². The van der Waals surface area contributed by atoms with Crippen molar-refractivity contribution in [3.63, 3.8) is 0 Å². The van der Waals surface area contributed by atoms with Gasteiger partial charge >= 0.3 is 5.97 Å². The zero-order valence-electron chi connectivity index (χ0n) is 12.0. The average molecular weight is 318 g/mol. The summed E-state index contributed by atoms with van der Waals surface area (Å²) in [6.07, 6.45) is 1.49. The van der Waals surface area contributed by atoms with E-state index in [-0.39, 0.29) is 17.4 Å². The molecule has 0 spiro atoms. The summed E-state index contributed by atoms with van der Waals surface area (Å²) < 4.78 is 0. The van der Waals surface area contributed by atoms with Crippen LogP contribution in [-0.2, 0) is 4.79 Å². The number of carbonyl (C=O) groups excluding carboxylic acids is 1. The number of carboxylic acid groups (broad SMARTS) is 1. The van der Waals surface area contributed by atoms with Crippen LogP contribution >= 0.6 is 0 Å². The second-order valence-corrected chi connectivity index (χ2v) is 5.58. The topological polar surface area (TPSA) is 138 Å². The van der Waals surface area contributed by atoms with Crippen molar-refractivity contribution in [2.24, 2.45) is 5.92 Å². The van der Waals surface area contributed by atoms with Crippen LogP contribution in [0.25, 0.3) is 10.9 Å². The Kier molecular flexibility index (Phi) is 3.68. The number of non-ortho nitro benzene ring substituents is 1. The first kappa shape index (κ1) is 14.9. The molecular weight excluding hydrogens is 304 g/mol. The largest absolute Gasteiger partial charge is 0.481 e. The Hall–Kier alpha value is -2.97. The predicted molar refractivity (Wildman–Crippen MR) is 79.0 cm³/mol. The molecule has 2 atom stereocenters. The first-order valence-electron chi connectivity index (χ1n) is 7.12. The average Bonchev–Trinajstić information content (AvgIpc) is 3.12. The number of carboxylic acids is 1. The highest BCUT2D eigenvalue weighted by atomic mass is 16.6. The molecule has 1 aromatic heterocycles. The molecule has 1 heterocycles. The lowest BCUT2D eigenvalue weighted by Gasteiger charge is -2.11. The number of nitrogens with zero attached hydrogens (tertiary/aromatic N) is 2. The normalized spacial score (nSPS) is 20.5. The monoisotopic (exact) mass is 318 g/mol. The Morgan fingerprint density at radius 3 is 2.83 bits per heavy atom. The van der Waals surface area contributed by atoms with Crippen LogP contribution in [0.3, 0.4) is 0 Å². The quantitative estimate of drug-likeness (QED) is 0.576. The van der Waals surface area contributed by atoms with Gasteiger partial charge in [0.1, 0.15) is 0 Å². The van der Waals surface area contributed by atoms with Gasteiger partial charge in [-0.1, -0.05) is 0 Å². The van der Waals surface area contributed by atoms with E-state index in [2.05, 4.69) is 15.5 Å². The maximum absolute atomic E-state index is 12.3. The molecule has 0 bridgehead atoms. The minimum Gasteiger partial charge on any atom is -0.481 e. The molecule has 0 aliphatic heterocycles. The van der Waals surface area contributed by atoms with Gasteiger partial charge in [0, 0.05) is 23.6 Å². The standard InChI is InChI=1S/C14H14N4O5/c19-13(15-8-2-1-7(5-8)14(20)21)12-10-6-9(18(22)23)3-4-11(10)16-17-12/h3-4,6-8H,1-2,5H2,(H,15,19)(H,16,17)(H,20,21)/t7-,8+/m0/s1. The number of carbonyl (C=O) groups is 2. The highest BCUT2D eigenvalue weighted by Crippen LogP contribution is 2.27. The van der Waals surface area contributed by atoms with E-state index in [0.29, 0.717) is 30.2 Å². The van der Waals surface area contributed by atoms with E-state index in [1.807, 2.05) is 0 Å². The first-order valence-corrected chi connectivity index (χ1v) is 7.12. The van der Waals surface area contributed by atoms with Crippen molar-refractivity contribution in [2.45, 2.75) is 25.3 Å². The van der Waals surface area contributed by atoms with E-state index in [1.54, 1.807) is 0 Å². The number of rotatable bonds is 4. The zero-order valence-corrected chi connectivity index (χ0v) is 12.0. The molecule has 3 rings (SSSR count). The van der Waals surface area contributed by atoms with Crippen LogP contribution in [0.15, 0.2) is 18.2 Å². The van der Waals surface area contributed by atoms with Crippen molar-refractivity contribution in [3.8, 4) is 0 Å². The number of H-pyrrole nitrogens is 1. The number of aromatic nitrogens is 2. The lowest BCUT2D eigenvalue weighted by molar-refractivity contribution is -0.384. The van der Waals surface area contributed by atoms with E-state index < -0.39 is 22.7 Å². The molecule has 0 unspecified atom stereocenters. The van der Waals surface area contributed by atoms with E-state index in [0.717, 1.165) is 0 Å². The van der Waals surface area contributed by atoms with Crippen LogP contribution in [0.1, 0.15) is 29.8 Å². The summed E-state index contributed by atoms with van der Waals surface area (Å²) in [4.78, 5) is 33.6. The van der Waals surface area contributed by atoms with Gasteiger partial charge in [-0.05, 0) is 25.3 Å². The van der Waals surface area contributed by atoms with Gasteiger partial charge in [-0.2, -0.15) is 5.10 Å². The van der Waals surface area contributed by atoms with Crippen LogP contribution in [0.4, 0.5) is 5.69 Å². The molecule has 1 aliphatic rings. The van der Waals surface area contributed by atoms with E-state index in [1.165, 1.54) is 18.2 Å². The fourth-order valence-corrected chi connectivity index (χ4v) is 2.88. The Morgan fingerprint density at radius 1 is 1.39 bits per heavy atom. The Morgan fingerprint density at radius 2 is 2.17 bits per heavy atom. The molecule has 1 fully saturated rings. The minimum absolute atomic E-state index is 0.0717. The van der Waals surface area contributed by atoms with Crippen molar-refractivity contribution < 1.29 is 19.6 Å². The molecule has 9 heteroatoms. The van der Waals surface area contributed by atoms with E-state index in [9.17, 15) is 19.7 Å². The summed E-state index contributed by atoms with van der Waals surface area (Å²) in [5.41, 5.74) is 0.470. The fourth-order valence-electron chi connectivity index (χ4n) is 2.88. The van der Waals surface area contributed by atoms with E-state index >= 15 is 0 Å². The summed E-state index contributed by atoms with van der Waals surface area (Å²) in [7, 11) is 0. The Bertz CT molecular complexity index is 800. The van der Waals surface area contributed by atoms with Crippen LogP contribution in [0.5, 0.6) is 0 Å². The SMILES string of the molecule is O=C(N[C@@H]1CC[C@H](C(=O)O)C1)c1n[nH]c2ccc([N+](=O)[O-])cc12. The van der Waals surface area contributed by atoms with Crippen molar-refractivity contribution in [3.05, 3.63) is 34.0 Å². The number of nitro benzene ring substituents is 1. The lowest BCUT2D eigenvalue weighted by atomic mass is 10.1. The second kappa shape index (κ2) is 5.67. The molecule has 2 aromatic rings. The molecule has 1 saturated carbocycles. The summed E-state index contributed by atoms with van der Waals surface area (Å²) in [6, 6.07) is 3.89. The number of nitrogens with one attached hydrogen (secondary N) is 2. The fraction of sp³-hybridized carbons (Fsp3) is 0.357. The third-order valence-electron chi connectivity index (χ3n) is 4.09. The number of aromatic amines is 1. The third kappa shape index (κ3) is 2.85. The smallest absolute Gasteiger partial charge is 0.306 e. The van der Waals surface area contributed by atoms with Gasteiger partial charge in [0.25, 0.3) is 11.6 Å². The maximum atomic E-state index is 12.3. The van der Waals surface area contributed by atoms with Crippen molar-refractivity contribution in [1.29, 1.82) is 0 Å². The van der Waals surface area contributed by atoms with Gasteiger partial charge in [0.2, 0.25) is 0 Å². The molecule has 3 N–H and O–H groups in total.